The molecule has 0 aromatic carbocycles. The van der Waals surface area contributed by atoms with Gasteiger partial charge in [0, 0.05) is 26.0 Å². The number of rotatable bonds is 4. The molecule has 1 saturated heterocycles. The van der Waals surface area contributed by atoms with Gasteiger partial charge in [-0.15, -0.1) is 0 Å². The lowest BCUT2D eigenvalue weighted by molar-refractivity contribution is -0.135. The fourth-order valence-corrected chi connectivity index (χ4v) is 3.61. The van der Waals surface area contributed by atoms with Crippen molar-refractivity contribution in [3.63, 3.8) is 0 Å². The normalized spacial score (nSPS) is 20.8. The number of imidazole rings is 1. The number of nitrogens with zero attached hydrogens (tertiary/aromatic N) is 3. The van der Waals surface area contributed by atoms with Gasteiger partial charge in [0.1, 0.15) is 11.9 Å². The summed E-state index contributed by atoms with van der Waals surface area (Å²) in [6, 6.07) is -0.585. The van der Waals surface area contributed by atoms with Gasteiger partial charge in [-0.05, 0) is 12.8 Å². The van der Waals surface area contributed by atoms with Crippen LogP contribution in [0, 0.1) is 0 Å². The van der Waals surface area contributed by atoms with E-state index in [1.165, 1.54) is 9.21 Å². The molecular weight excluding hydrogens is 280 g/mol. The van der Waals surface area contributed by atoms with Crippen LogP contribution in [0.2, 0.25) is 0 Å². The van der Waals surface area contributed by atoms with Gasteiger partial charge in [-0.2, -0.15) is 4.31 Å². The lowest BCUT2D eigenvalue weighted by Crippen LogP contribution is -2.51. The van der Waals surface area contributed by atoms with Gasteiger partial charge in [0.15, 0.2) is 0 Å². The Morgan fingerprint density at radius 1 is 1.55 bits per heavy atom. The molecule has 1 fully saturated rings. The van der Waals surface area contributed by atoms with Crippen molar-refractivity contribution in [1.82, 2.24) is 19.2 Å². The molecular formula is C12H20N4O3S. The molecule has 0 bridgehead atoms. The molecule has 0 saturated carbocycles. The average Bonchev–Trinajstić information content (AvgIpc) is 2.89. The Labute approximate surface area is 119 Å². The van der Waals surface area contributed by atoms with Crippen molar-refractivity contribution in [2.45, 2.75) is 31.8 Å². The molecule has 8 heteroatoms. The van der Waals surface area contributed by atoms with Gasteiger partial charge in [0.05, 0.1) is 12.8 Å². The molecule has 1 aromatic heterocycles. The van der Waals surface area contributed by atoms with Crippen molar-refractivity contribution in [2.24, 2.45) is 0 Å². The number of carbonyl (C=O) groups is 1. The molecule has 0 spiro atoms. The van der Waals surface area contributed by atoms with E-state index in [1.54, 1.807) is 19.4 Å². The van der Waals surface area contributed by atoms with Crippen LogP contribution in [0.25, 0.3) is 0 Å². The van der Waals surface area contributed by atoms with Gasteiger partial charge in [0.25, 0.3) is 0 Å². The number of carbonyl (C=O) groups excluding carboxylic acids is 1. The summed E-state index contributed by atoms with van der Waals surface area (Å²) >= 11 is 0. The summed E-state index contributed by atoms with van der Waals surface area (Å²) in [6.07, 6.45) is 6.73. The maximum Gasteiger partial charge on any atom is 0.241 e. The van der Waals surface area contributed by atoms with E-state index in [0.717, 1.165) is 19.1 Å². The molecule has 1 aromatic rings. The van der Waals surface area contributed by atoms with Crippen molar-refractivity contribution in [3.8, 4) is 0 Å². The van der Waals surface area contributed by atoms with E-state index in [4.69, 9.17) is 0 Å². The third-order valence-corrected chi connectivity index (χ3v) is 4.77. The second-order valence-corrected chi connectivity index (χ2v) is 7.05. The minimum absolute atomic E-state index is 0.175. The summed E-state index contributed by atoms with van der Waals surface area (Å²) < 4.78 is 24.9. The summed E-state index contributed by atoms with van der Waals surface area (Å²) in [5, 5.41) is 0. The highest BCUT2D eigenvalue weighted by molar-refractivity contribution is 7.88. The van der Waals surface area contributed by atoms with Gasteiger partial charge < -0.3 is 9.88 Å². The lowest BCUT2D eigenvalue weighted by atomic mass is 10.0. The highest BCUT2D eigenvalue weighted by Crippen LogP contribution is 2.21. The van der Waals surface area contributed by atoms with Crippen LogP contribution in [0.1, 0.15) is 25.1 Å². The van der Waals surface area contributed by atoms with Crippen LogP contribution in [-0.2, 0) is 21.4 Å². The third kappa shape index (κ3) is 3.37. The largest absolute Gasteiger partial charge is 0.347 e. The maximum absolute atomic E-state index is 12.5. The molecule has 0 radical (unpaired) electrons. The first kappa shape index (κ1) is 15.0. The zero-order valence-electron chi connectivity index (χ0n) is 11.7. The van der Waals surface area contributed by atoms with Gasteiger partial charge in [-0.3, -0.25) is 4.79 Å². The monoisotopic (exact) mass is 300 g/mol. The molecule has 1 N–H and O–H groups in total. The van der Waals surface area contributed by atoms with Gasteiger partial charge in [-0.1, -0.05) is 6.42 Å². The Balaban J connectivity index is 2.09. The first-order valence-corrected chi connectivity index (χ1v) is 8.44. The minimum atomic E-state index is -3.35. The Bertz CT molecular complexity index is 555. The summed E-state index contributed by atoms with van der Waals surface area (Å²) in [7, 11) is -1.69. The minimum Gasteiger partial charge on any atom is -0.347 e. The van der Waals surface area contributed by atoms with Crippen molar-refractivity contribution in [3.05, 3.63) is 18.2 Å². The first-order chi connectivity index (χ1) is 9.39. The van der Waals surface area contributed by atoms with Crippen LogP contribution in [0.4, 0.5) is 0 Å². The lowest BCUT2D eigenvalue weighted by Gasteiger charge is -2.34. The molecule has 2 heterocycles. The van der Waals surface area contributed by atoms with E-state index in [2.05, 4.69) is 9.97 Å². The van der Waals surface area contributed by atoms with Gasteiger partial charge in [0.2, 0.25) is 15.9 Å². The van der Waals surface area contributed by atoms with Gasteiger partial charge >= 0.3 is 0 Å². The van der Waals surface area contributed by atoms with Crippen molar-refractivity contribution < 1.29 is 13.2 Å². The molecule has 1 aliphatic heterocycles. The Kier molecular flexibility index (Phi) is 4.44. The zero-order chi connectivity index (χ0) is 14.8. The van der Waals surface area contributed by atoms with E-state index < -0.39 is 16.1 Å². The standard InChI is InChI=1S/C12H20N4O3S/c1-15(9-11-13-6-7-14-11)12(17)10-5-3-4-8-16(10)20(2,18)19/h6-7,10H,3-5,8-9H2,1-2H3,(H,13,14). The molecule has 2 rings (SSSR count). The summed E-state index contributed by atoms with van der Waals surface area (Å²) in [6.45, 7) is 0.768. The van der Waals surface area contributed by atoms with Crippen LogP contribution in [0.5, 0.6) is 0 Å². The summed E-state index contributed by atoms with van der Waals surface area (Å²) in [4.78, 5) is 21.0. The molecule has 20 heavy (non-hydrogen) atoms. The molecule has 1 amide bonds. The molecule has 0 aliphatic carbocycles. The summed E-state index contributed by atoms with van der Waals surface area (Å²) in [5.41, 5.74) is 0. The highest BCUT2D eigenvalue weighted by Gasteiger charge is 2.35. The second-order valence-electron chi connectivity index (χ2n) is 5.12. The Morgan fingerprint density at radius 2 is 2.30 bits per heavy atom. The summed E-state index contributed by atoms with van der Waals surface area (Å²) in [5.74, 6) is 0.508. The Hall–Kier alpha value is -1.41. The van der Waals surface area contributed by atoms with Crippen LogP contribution >= 0.6 is 0 Å². The number of piperidine rings is 1. The number of aromatic nitrogens is 2. The SMILES string of the molecule is CN(Cc1ncc[nH]1)C(=O)C1CCCCN1S(C)(=O)=O. The number of sulfonamides is 1. The van der Waals surface area contributed by atoms with E-state index in [-0.39, 0.29) is 5.91 Å². The predicted octanol–water partition coefficient (Wildman–Crippen LogP) is 0.182. The molecule has 1 atom stereocenters. The zero-order valence-corrected chi connectivity index (χ0v) is 12.6. The number of aromatic amines is 1. The number of hydrogen-bond donors (Lipinski definition) is 1. The van der Waals surface area contributed by atoms with E-state index >= 15 is 0 Å². The molecule has 112 valence electrons. The van der Waals surface area contributed by atoms with Crippen molar-refractivity contribution in [2.75, 3.05) is 19.8 Å². The van der Waals surface area contributed by atoms with E-state index in [1.807, 2.05) is 0 Å². The molecule has 7 nitrogen and oxygen atoms in total. The topological polar surface area (TPSA) is 86.4 Å². The van der Waals surface area contributed by atoms with Gasteiger partial charge in [-0.25, -0.2) is 13.4 Å². The molecule has 1 aliphatic rings. The van der Waals surface area contributed by atoms with Crippen molar-refractivity contribution in [1.29, 1.82) is 0 Å². The number of hydrogen-bond acceptors (Lipinski definition) is 4. The third-order valence-electron chi connectivity index (χ3n) is 3.48. The molecule has 1 unspecified atom stereocenters. The second kappa shape index (κ2) is 5.92. The maximum atomic E-state index is 12.5. The van der Waals surface area contributed by atoms with E-state index in [9.17, 15) is 13.2 Å². The van der Waals surface area contributed by atoms with Crippen LogP contribution < -0.4 is 0 Å². The number of amides is 1. The number of H-pyrrole nitrogens is 1. The van der Waals surface area contributed by atoms with Crippen LogP contribution in [0.15, 0.2) is 12.4 Å². The van der Waals surface area contributed by atoms with E-state index in [0.29, 0.717) is 25.3 Å². The quantitative estimate of drug-likeness (QED) is 0.859. The highest BCUT2D eigenvalue weighted by atomic mass is 32.2. The average molecular weight is 300 g/mol. The van der Waals surface area contributed by atoms with Crippen LogP contribution in [0.3, 0.4) is 0 Å². The van der Waals surface area contributed by atoms with Crippen molar-refractivity contribution >= 4 is 15.9 Å². The first-order valence-electron chi connectivity index (χ1n) is 6.59. The predicted molar refractivity (Wildman–Crippen MR) is 74.3 cm³/mol. The number of likely N-dealkylation sites (N-methyl/N-ethyl adjacent to an activating group) is 1. The smallest absolute Gasteiger partial charge is 0.241 e. The number of nitrogens with one attached hydrogen (secondary N) is 1. The Morgan fingerprint density at radius 3 is 2.90 bits per heavy atom. The van der Waals surface area contributed by atoms with Crippen LogP contribution in [-0.4, -0.2) is 59.4 Å². The fraction of sp³-hybridized carbons (Fsp3) is 0.667. The fourth-order valence-electron chi connectivity index (χ4n) is 2.49.